The Hall–Kier alpha value is -4.22. The quantitative estimate of drug-likeness (QED) is 0.0347. The van der Waals surface area contributed by atoms with Crippen LogP contribution < -0.4 is 0 Å². The average molecular weight is 881 g/mol. The van der Waals surface area contributed by atoms with Crippen LogP contribution in [-0.2, 0) is 23.8 Å². The summed E-state index contributed by atoms with van der Waals surface area (Å²) in [7, 11) is 0. The zero-order chi connectivity index (χ0) is 46.3. The number of esters is 2. The molecular formula is C59H92O5. The molecule has 64 heavy (non-hydrogen) atoms. The lowest BCUT2D eigenvalue weighted by Gasteiger charge is -2.18. The van der Waals surface area contributed by atoms with Gasteiger partial charge in [0.2, 0.25) is 0 Å². The van der Waals surface area contributed by atoms with Crippen LogP contribution in [0, 0.1) is 0 Å². The first kappa shape index (κ1) is 59.8. The maximum absolute atomic E-state index is 12.7. The van der Waals surface area contributed by atoms with Gasteiger partial charge in [0.25, 0.3) is 0 Å². The molecule has 0 heterocycles. The van der Waals surface area contributed by atoms with Crippen molar-refractivity contribution in [2.45, 2.75) is 194 Å². The summed E-state index contributed by atoms with van der Waals surface area (Å²) in [5, 5.41) is 0. The molecule has 0 aliphatic heterocycles. The predicted molar refractivity (Wildman–Crippen MR) is 278 cm³/mol. The molecule has 0 aromatic carbocycles. The van der Waals surface area contributed by atoms with Crippen molar-refractivity contribution in [1.29, 1.82) is 0 Å². The summed E-state index contributed by atoms with van der Waals surface area (Å²) in [5.41, 5.74) is 0. The summed E-state index contributed by atoms with van der Waals surface area (Å²) in [6.07, 6.45) is 77.5. The number of unbranched alkanes of at least 4 members (excludes halogenated alkanes) is 9. The molecule has 0 bridgehead atoms. The molecule has 0 aliphatic carbocycles. The summed E-state index contributed by atoms with van der Waals surface area (Å²) < 4.78 is 17.2. The number of hydrogen-bond acceptors (Lipinski definition) is 5. The molecule has 0 saturated heterocycles. The maximum atomic E-state index is 12.7. The highest BCUT2D eigenvalue weighted by atomic mass is 16.6. The van der Waals surface area contributed by atoms with E-state index in [0.29, 0.717) is 19.4 Å². The minimum Gasteiger partial charge on any atom is -0.462 e. The highest BCUT2D eigenvalue weighted by Gasteiger charge is 2.17. The van der Waals surface area contributed by atoms with Crippen molar-refractivity contribution < 1.29 is 23.8 Å². The molecular weight excluding hydrogens is 789 g/mol. The van der Waals surface area contributed by atoms with E-state index in [1.54, 1.807) is 0 Å². The monoisotopic (exact) mass is 881 g/mol. The zero-order valence-electron chi connectivity index (χ0n) is 41.0. The normalized spacial score (nSPS) is 13.5. The smallest absolute Gasteiger partial charge is 0.306 e. The largest absolute Gasteiger partial charge is 0.462 e. The Labute approximate surface area is 393 Å². The molecule has 0 saturated carbocycles. The lowest BCUT2D eigenvalue weighted by Crippen LogP contribution is -2.30. The van der Waals surface area contributed by atoms with Gasteiger partial charge in [-0.25, -0.2) is 0 Å². The molecule has 0 radical (unpaired) electrons. The van der Waals surface area contributed by atoms with Gasteiger partial charge in [-0.2, -0.15) is 0 Å². The van der Waals surface area contributed by atoms with Crippen molar-refractivity contribution in [3.05, 3.63) is 146 Å². The van der Waals surface area contributed by atoms with E-state index in [-0.39, 0.29) is 31.6 Å². The van der Waals surface area contributed by atoms with E-state index in [4.69, 9.17) is 14.2 Å². The first-order chi connectivity index (χ1) is 31.6. The molecule has 0 amide bonds. The molecule has 5 heteroatoms. The molecule has 0 N–H and O–H groups in total. The number of carbonyl (C=O) groups excluding carboxylic acids is 2. The van der Waals surface area contributed by atoms with Gasteiger partial charge in [0, 0.05) is 12.8 Å². The Balaban J connectivity index is 4.50. The molecule has 358 valence electrons. The van der Waals surface area contributed by atoms with Crippen LogP contribution in [0.5, 0.6) is 0 Å². The lowest BCUT2D eigenvalue weighted by atomic mass is 10.1. The Morgan fingerprint density at radius 1 is 0.359 bits per heavy atom. The topological polar surface area (TPSA) is 61.8 Å². The molecule has 0 fully saturated rings. The molecule has 0 spiro atoms. The van der Waals surface area contributed by atoms with Gasteiger partial charge in [0.1, 0.15) is 6.61 Å². The second kappa shape index (κ2) is 53.1. The van der Waals surface area contributed by atoms with E-state index in [1.165, 1.54) is 44.9 Å². The number of hydrogen-bond donors (Lipinski definition) is 0. The first-order valence-electron chi connectivity index (χ1n) is 25.4. The molecule has 1 atom stereocenters. The maximum Gasteiger partial charge on any atom is 0.306 e. The fourth-order valence-electron chi connectivity index (χ4n) is 6.18. The molecule has 0 aliphatic rings. The third-order valence-corrected chi connectivity index (χ3v) is 9.87. The van der Waals surface area contributed by atoms with Crippen LogP contribution in [0.25, 0.3) is 0 Å². The molecule has 1 unspecified atom stereocenters. The van der Waals surface area contributed by atoms with Gasteiger partial charge >= 0.3 is 11.9 Å². The van der Waals surface area contributed by atoms with Crippen molar-refractivity contribution in [1.82, 2.24) is 0 Å². The van der Waals surface area contributed by atoms with Crippen LogP contribution in [0.2, 0.25) is 0 Å². The molecule has 0 aromatic rings. The van der Waals surface area contributed by atoms with Crippen LogP contribution in [0.15, 0.2) is 146 Å². The van der Waals surface area contributed by atoms with E-state index in [0.717, 1.165) is 103 Å². The van der Waals surface area contributed by atoms with E-state index in [2.05, 4.69) is 161 Å². The number of carbonyl (C=O) groups is 2. The summed E-state index contributed by atoms with van der Waals surface area (Å²) in [6.45, 7) is 7.24. The zero-order valence-corrected chi connectivity index (χ0v) is 41.0. The van der Waals surface area contributed by atoms with Gasteiger partial charge in [-0.3, -0.25) is 9.59 Å². The third-order valence-electron chi connectivity index (χ3n) is 9.87. The second-order valence-corrected chi connectivity index (χ2v) is 15.9. The fraction of sp³-hybridized carbons (Fsp3) is 0.559. The Bertz CT molecular complexity index is 1410. The van der Waals surface area contributed by atoms with Crippen molar-refractivity contribution in [2.24, 2.45) is 0 Å². The van der Waals surface area contributed by atoms with Gasteiger partial charge in [0.05, 0.1) is 13.2 Å². The minimum atomic E-state index is -0.630. The standard InChI is InChI=1S/C59H92O5/c1-4-7-10-13-16-19-22-25-27-29-30-31-32-35-37-40-43-46-49-52-58(60)63-56-57(64-59(61)53-50-47-44-41-38-34-24-21-18-15-12-9-6-3)55-62-54-51-48-45-42-39-36-33-28-26-23-20-17-14-11-8-5-2/h8-9,11-12,16-21,25-28,30-31,34,36,38-39,44-45,47-48,57H,4-7,10,13-15,22-24,29,32-33,35,37,40-43,46,49-56H2,1-3H3/b11-8-,12-9-,19-16-,20-17-,21-18-,27-25-,28-26-,31-30-,38-34-,39-36-,47-44-,48-45-. The van der Waals surface area contributed by atoms with Crippen molar-refractivity contribution in [2.75, 3.05) is 19.8 Å². The molecule has 0 rings (SSSR count). The predicted octanol–water partition coefficient (Wildman–Crippen LogP) is 17.3. The van der Waals surface area contributed by atoms with Crippen LogP contribution in [0.3, 0.4) is 0 Å². The van der Waals surface area contributed by atoms with Crippen LogP contribution in [-0.4, -0.2) is 37.9 Å². The van der Waals surface area contributed by atoms with Gasteiger partial charge in [-0.05, 0) is 116 Å². The van der Waals surface area contributed by atoms with E-state index in [1.807, 2.05) is 6.08 Å². The highest BCUT2D eigenvalue weighted by molar-refractivity contribution is 5.70. The van der Waals surface area contributed by atoms with E-state index < -0.39 is 6.10 Å². The average Bonchev–Trinajstić information content (AvgIpc) is 3.30. The fourth-order valence-corrected chi connectivity index (χ4v) is 6.18. The van der Waals surface area contributed by atoms with Crippen LogP contribution in [0.4, 0.5) is 0 Å². The van der Waals surface area contributed by atoms with Crippen molar-refractivity contribution >= 4 is 11.9 Å². The summed E-state index contributed by atoms with van der Waals surface area (Å²) in [5.74, 6) is -0.560. The Morgan fingerprint density at radius 2 is 0.734 bits per heavy atom. The van der Waals surface area contributed by atoms with Gasteiger partial charge in [0.15, 0.2) is 6.10 Å². The number of ether oxygens (including phenoxy) is 3. The van der Waals surface area contributed by atoms with Crippen molar-refractivity contribution in [3.8, 4) is 0 Å². The molecule has 5 nitrogen and oxygen atoms in total. The van der Waals surface area contributed by atoms with Gasteiger partial charge < -0.3 is 14.2 Å². The third kappa shape index (κ3) is 50.4. The van der Waals surface area contributed by atoms with Gasteiger partial charge in [-0.1, -0.05) is 205 Å². The molecule has 0 aromatic heterocycles. The first-order valence-corrected chi connectivity index (χ1v) is 25.4. The number of allylic oxidation sites excluding steroid dienone is 23. The van der Waals surface area contributed by atoms with Crippen molar-refractivity contribution in [3.63, 3.8) is 0 Å². The lowest BCUT2D eigenvalue weighted by molar-refractivity contribution is -0.162. The van der Waals surface area contributed by atoms with Crippen LogP contribution in [0.1, 0.15) is 188 Å². The second-order valence-electron chi connectivity index (χ2n) is 15.9. The number of rotatable bonds is 44. The summed E-state index contributed by atoms with van der Waals surface area (Å²) in [6, 6.07) is 0. The SMILES string of the molecule is CC/C=C\C/C=C\C/C=C\C/C=C\C/C=C\CCOCC(COC(=O)CCCCCCCC/C=C\C/C=C\C/C=C\CCCCC)OC(=O)CC/C=C\C/C=C\C/C=C\C/C=C\CC. The Morgan fingerprint density at radius 3 is 1.19 bits per heavy atom. The Kier molecular flexibility index (Phi) is 49.6. The van der Waals surface area contributed by atoms with Gasteiger partial charge in [-0.15, -0.1) is 0 Å². The van der Waals surface area contributed by atoms with E-state index in [9.17, 15) is 9.59 Å². The minimum absolute atomic E-state index is 0.00962. The van der Waals surface area contributed by atoms with E-state index >= 15 is 0 Å². The summed E-state index contributed by atoms with van der Waals surface area (Å²) in [4.78, 5) is 25.3. The van der Waals surface area contributed by atoms with Crippen LogP contribution >= 0.6 is 0 Å². The highest BCUT2D eigenvalue weighted by Crippen LogP contribution is 2.11. The summed E-state index contributed by atoms with van der Waals surface area (Å²) >= 11 is 0.